The minimum atomic E-state index is -4.32. The second kappa shape index (κ2) is 5.80. The molecule has 0 aliphatic heterocycles. The molecule has 1 aromatic carbocycles. The van der Waals surface area contributed by atoms with E-state index in [0.717, 1.165) is 0 Å². The summed E-state index contributed by atoms with van der Waals surface area (Å²) in [4.78, 5) is -0.754. The van der Waals surface area contributed by atoms with E-state index in [4.69, 9.17) is 0 Å². The van der Waals surface area contributed by atoms with Crippen LogP contribution in [0.4, 0.5) is 19.0 Å². The van der Waals surface area contributed by atoms with Crippen LogP contribution < -0.4 is 4.72 Å². The molecule has 0 saturated carbocycles. The second-order valence-corrected chi connectivity index (χ2v) is 7.54. The number of hydrogen-bond acceptors (Lipinski definition) is 4. The number of nitrogens with one attached hydrogen (secondary N) is 1. The molecule has 0 radical (unpaired) electrons. The van der Waals surface area contributed by atoms with Crippen molar-refractivity contribution in [3.05, 3.63) is 47.4 Å². The van der Waals surface area contributed by atoms with Crippen LogP contribution in [-0.2, 0) is 15.4 Å². The van der Waals surface area contributed by atoms with Gasteiger partial charge in [-0.3, -0.25) is 4.72 Å². The molecule has 0 unspecified atom stereocenters. The van der Waals surface area contributed by atoms with Gasteiger partial charge in [0.05, 0.1) is 10.6 Å². The molecule has 5 nitrogen and oxygen atoms in total. The zero-order valence-corrected chi connectivity index (χ0v) is 13.4. The fraction of sp³-hybridized carbons (Fsp3) is 0.286. The minimum absolute atomic E-state index is 0.122. The van der Waals surface area contributed by atoms with Gasteiger partial charge in [0.1, 0.15) is 0 Å². The fourth-order valence-electron chi connectivity index (χ4n) is 1.67. The first kappa shape index (κ1) is 17.2. The highest BCUT2D eigenvalue weighted by Crippen LogP contribution is 2.22. The molecule has 0 fully saturated rings. The largest absolute Gasteiger partial charge is 0.263 e. The van der Waals surface area contributed by atoms with E-state index in [1.165, 1.54) is 6.07 Å². The van der Waals surface area contributed by atoms with Crippen molar-refractivity contribution < 1.29 is 21.6 Å². The summed E-state index contributed by atoms with van der Waals surface area (Å²) < 4.78 is 65.4. The van der Waals surface area contributed by atoms with E-state index in [-0.39, 0.29) is 11.2 Å². The van der Waals surface area contributed by atoms with Gasteiger partial charge >= 0.3 is 0 Å². The number of sulfonamides is 1. The molecule has 1 heterocycles. The molecule has 0 bridgehead atoms. The standard InChI is InChI=1S/C14H14F3N3O2S/c1-14(2,3)11-4-5-12(19-18-11)20-23(21,22)8-6-9(15)13(17)10(16)7-8/h4-7H,1-3H3,(H,19,20). The summed E-state index contributed by atoms with van der Waals surface area (Å²) in [5.41, 5.74) is 0.368. The molecule has 124 valence electrons. The molecule has 2 aromatic rings. The third-order valence-corrected chi connectivity index (χ3v) is 4.27. The highest BCUT2D eigenvalue weighted by atomic mass is 32.2. The van der Waals surface area contributed by atoms with Gasteiger partial charge in [-0.05, 0) is 24.3 Å². The Balaban J connectivity index is 2.32. The van der Waals surface area contributed by atoms with Crippen molar-refractivity contribution in [3.63, 3.8) is 0 Å². The first-order chi connectivity index (χ1) is 10.5. The molecule has 0 atom stereocenters. The van der Waals surface area contributed by atoms with Crippen LogP contribution in [0.15, 0.2) is 29.2 Å². The van der Waals surface area contributed by atoms with Crippen molar-refractivity contribution in [1.29, 1.82) is 0 Å². The highest BCUT2D eigenvalue weighted by molar-refractivity contribution is 7.92. The lowest BCUT2D eigenvalue weighted by atomic mass is 9.92. The van der Waals surface area contributed by atoms with E-state index < -0.39 is 32.4 Å². The van der Waals surface area contributed by atoms with Crippen molar-refractivity contribution in [2.24, 2.45) is 0 Å². The van der Waals surface area contributed by atoms with Crippen LogP contribution in [0.3, 0.4) is 0 Å². The molecular weight excluding hydrogens is 331 g/mol. The predicted octanol–water partition coefficient (Wildman–Crippen LogP) is 2.99. The van der Waals surface area contributed by atoms with Crippen molar-refractivity contribution in [1.82, 2.24) is 10.2 Å². The predicted molar refractivity (Wildman–Crippen MR) is 77.9 cm³/mol. The maximum atomic E-state index is 13.2. The molecule has 0 aliphatic rings. The lowest BCUT2D eigenvalue weighted by molar-refractivity contribution is 0.442. The monoisotopic (exact) mass is 345 g/mol. The summed E-state index contributed by atoms with van der Waals surface area (Å²) in [6.07, 6.45) is 0. The zero-order chi connectivity index (χ0) is 17.4. The summed E-state index contributed by atoms with van der Waals surface area (Å²) >= 11 is 0. The average Bonchev–Trinajstić information content (AvgIpc) is 2.43. The maximum absolute atomic E-state index is 13.2. The molecule has 9 heteroatoms. The molecule has 2 rings (SSSR count). The van der Waals surface area contributed by atoms with E-state index in [9.17, 15) is 21.6 Å². The van der Waals surface area contributed by atoms with Gasteiger partial charge in [-0.15, -0.1) is 5.10 Å². The van der Waals surface area contributed by atoms with Crippen molar-refractivity contribution in [3.8, 4) is 0 Å². The van der Waals surface area contributed by atoms with E-state index >= 15 is 0 Å². The fourth-order valence-corrected chi connectivity index (χ4v) is 2.69. The molecule has 23 heavy (non-hydrogen) atoms. The lowest BCUT2D eigenvalue weighted by Gasteiger charge is -2.16. The van der Waals surface area contributed by atoms with E-state index in [1.54, 1.807) is 6.07 Å². The van der Waals surface area contributed by atoms with Gasteiger partial charge in [-0.2, -0.15) is 5.10 Å². The van der Waals surface area contributed by atoms with Crippen LogP contribution in [0.2, 0.25) is 0 Å². The maximum Gasteiger partial charge on any atom is 0.263 e. The highest BCUT2D eigenvalue weighted by Gasteiger charge is 2.21. The smallest absolute Gasteiger partial charge is 0.262 e. The summed E-state index contributed by atoms with van der Waals surface area (Å²) in [7, 11) is -4.32. The van der Waals surface area contributed by atoms with Crippen LogP contribution in [0.1, 0.15) is 26.5 Å². The van der Waals surface area contributed by atoms with Gasteiger partial charge in [-0.25, -0.2) is 21.6 Å². The van der Waals surface area contributed by atoms with Crippen molar-refractivity contribution >= 4 is 15.8 Å². The van der Waals surface area contributed by atoms with Crippen LogP contribution >= 0.6 is 0 Å². The zero-order valence-electron chi connectivity index (χ0n) is 12.6. The Morgan fingerprint density at radius 1 is 1.00 bits per heavy atom. The third kappa shape index (κ3) is 3.79. The summed E-state index contributed by atoms with van der Waals surface area (Å²) in [6, 6.07) is 3.73. The molecule has 1 aromatic heterocycles. The van der Waals surface area contributed by atoms with Gasteiger partial charge in [0.25, 0.3) is 10.0 Å². The SMILES string of the molecule is CC(C)(C)c1ccc(NS(=O)(=O)c2cc(F)c(F)c(F)c2)nn1. The molecule has 0 aliphatic carbocycles. The average molecular weight is 345 g/mol. The lowest BCUT2D eigenvalue weighted by Crippen LogP contribution is -2.18. The van der Waals surface area contributed by atoms with Gasteiger partial charge in [0.2, 0.25) is 0 Å². The minimum Gasteiger partial charge on any atom is -0.262 e. The van der Waals surface area contributed by atoms with Crippen molar-refractivity contribution in [2.45, 2.75) is 31.1 Å². The number of rotatable bonds is 3. The number of hydrogen-bond donors (Lipinski definition) is 1. The Morgan fingerprint density at radius 3 is 2.00 bits per heavy atom. The van der Waals surface area contributed by atoms with Crippen LogP contribution in [0.5, 0.6) is 0 Å². The number of nitrogens with zero attached hydrogens (tertiary/aromatic N) is 2. The van der Waals surface area contributed by atoms with Gasteiger partial charge < -0.3 is 0 Å². The van der Waals surface area contributed by atoms with Gasteiger partial charge in [-0.1, -0.05) is 20.8 Å². The first-order valence-corrected chi connectivity index (χ1v) is 8.00. The number of benzene rings is 1. The molecule has 0 saturated heterocycles. The Morgan fingerprint density at radius 2 is 1.57 bits per heavy atom. The number of aromatic nitrogens is 2. The normalized spacial score (nSPS) is 12.3. The number of halogens is 3. The van der Waals surface area contributed by atoms with Gasteiger partial charge in [0.15, 0.2) is 23.3 Å². The summed E-state index contributed by atoms with van der Waals surface area (Å²) in [5.74, 6) is -5.06. The van der Waals surface area contributed by atoms with Gasteiger partial charge in [0, 0.05) is 5.41 Å². The summed E-state index contributed by atoms with van der Waals surface area (Å²) in [5, 5.41) is 7.61. The van der Waals surface area contributed by atoms with Crippen LogP contribution in [0, 0.1) is 17.5 Å². The molecule has 0 amide bonds. The van der Waals surface area contributed by atoms with E-state index in [2.05, 4.69) is 10.2 Å². The molecule has 0 spiro atoms. The Labute approximate surface area is 131 Å². The van der Waals surface area contributed by atoms with E-state index in [0.29, 0.717) is 17.8 Å². The topological polar surface area (TPSA) is 72.0 Å². The van der Waals surface area contributed by atoms with E-state index in [1.807, 2.05) is 25.5 Å². The van der Waals surface area contributed by atoms with Crippen molar-refractivity contribution in [2.75, 3.05) is 4.72 Å². The van der Waals surface area contributed by atoms with Crippen LogP contribution in [0.25, 0.3) is 0 Å². The molecular formula is C14H14F3N3O2S. The second-order valence-electron chi connectivity index (χ2n) is 5.86. The first-order valence-electron chi connectivity index (χ1n) is 6.52. The van der Waals surface area contributed by atoms with Crippen LogP contribution in [-0.4, -0.2) is 18.6 Å². The Bertz CT molecular complexity index is 808. The number of anilines is 1. The molecule has 1 N–H and O–H groups in total. The third-order valence-electron chi connectivity index (χ3n) is 2.94. The Hall–Kier alpha value is -2.16. The summed E-state index contributed by atoms with van der Waals surface area (Å²) in [6.45, 7) is 5.72. The Kier molecular flexibility index (Phi) is 4.34. The quantitative estimate of drug-likeness (QED) is 0.868.